The van der Waals surface area contributed by atoms with Crippen LogP contribution in [0.2, 0.25) is 0 Å². The van der Waals surface area contributed by atoms with Crippen molar-refractivity contribution in [3.63, 3.8) is 0 Å². The number of carbonyl (C=O) groups excluding carboxylic acids is 1. The Balaban J connectivity index is 2.59. The minimum absolute atomic E-state index is 0.285. The molecule has 0 N–H and O–H groups in total. The van der Waals surface area contributed by atoms with Crippen LogP contribution in [0, 0.1) is 0 Å². The molecule has 0 saturated heterocycles. The standard InChI is InChI=1S/C4H5OP/c5-4-1-2-6-3-4/h1-2,6H,3H2. The van der Waals surface area contributed by atoms with Crippen LogP contribution >= 0.6 is 8.58 Å². The van der Waals surface area contributed by atoms with Crippen molar-refractivity contribution in [2.45, 2.75) is 0 Å². The monoisotopic (exact) mass is 100 g/mol. The second kappa shape index (κ2) is 1.53. The van der Waals surface area contributed by atoms with Gasteiger partial charge in [0.05, 0.1) is 0 Å². The first-order valence-corrected chi connectivity index (χ1v) is 3.11. The van der Waals surface area contributed by atoms with Crippen molar-refractivity contribution in [3.8, 4) is 0 Å². The summed E-state index contributed by atoms with van der Waals surface area (Å²) in [6.07, 6.45) is 2.42. The number of rotatable bonds is 0. The SMILES string of the molecule is O=C1C=CPC1. The van der Waals surface area contributed by atoms with Gasteiger partial charge in [-0.15, -0.1) is 0 Å². The summed E-state index contributed by atoms with van der Waals surface area (Å²) in [5, 5.41) is 0. The maximum absolute atomic E-state index is 10.2. The molecule has 0 aliphatic carbocycles. The highest BCUT2D eigenvalue weighted by Gasteiger charge is 1.98. The molecule has 2 heteroatoms. The molecule has 6 heavy (non-hydrogen) atoms. The largest absolute Gasteiger partial charge is 0.294 e. The number of carbonyl (C=O) groups is 1. The summed E-state index contributed by atoms with van der Waals surface area (Å²) in [4.78, 5) is 10.2. The Morgan fingerprint density at radius 3 is 2.83 bits per heavy atom. The van der Waals surface area contributed by atoms with E-state index in [9.17, 15) is 4.79 Å². The van der Waals surface area contributed by atoms with E-state index in [1.165, 1.54) is 0 Å². The number of hydrogen-bond acceptors (Lipinski definition) is 1. The predicted octanol–water partition coefficient (Wildman–Crippen LogP) is 0.761. The van der Waals surface area contributed by atoms with Gasteiger partial charge in [0.2, 0.25) is 0 Å². The van der Waals surface area contributed by atoms with Crippen LogP contribution in [0.5, 0.6) is 0 Å². The van der Waals surface area contributed by atoms with E-state index in [1.807, 2.05) is 5.82 Å². The van der Waals surface area contributed by atoms with Crippen molar-refractivity contribution in [3.05, 3.63) is 11.9 Å². The molecule has 0 radical (unpaired) electrons. The normalized spacial score (nSPS) is 23.7. The van der Waals surface area contributed by atoms with E-state index in [-0.39, 0.29) is 5.78 Å². The highest BCUT2D eigenvalue weighted by atomic mass is 31.1. The van der Waals surface area contributed by atoms with Gasteiger partial charge >= 0.3 is 0 Å². The van der Waals surface area contributed by atoms with Crippen LogP contribution in [-0.2, 0) is 4.79 Å². The lowest BCUT2D eigenvalue weighted by Gasteiger charge is -1.71. The molecule has 1 nitrogen and oxygen atoms in total. The van der Waals surface area contributed by atoms with Gasteiger partial charge in [0, 0.05) is 6.16 Å². The smallest absolute Gasteiger partial charge is 0.160 e. The Morgan fingerprint density at radius 1 is 1.83 bits per heavy atom. The average Bonchev–Trinajstić information content (AvgIpc) is 1.86. The Labute approximate surface area is 38.2 Å². The van der Waals surface area contributed by atoms with Gasteiger partial charge in [-0.3, -0.25) is 4.79 Å². The van der Waals surface area contributed by atoms with Gasteiger partial charge in [-0.1, -0.05) is 14.4 Å². The number of hydrogen-bond donors (Lipinski definition) is 0. The van der Waals surface area contributed by atoms with Crippen LogP contribution < -0.4 is 0 Å². The van der Waals surface area contributed by atoms with Crippen LogP contribution in [0.1, 0.15) is 0 Å². The van der Waals surface area contributed by atoms with Crippen LogP contribution in [0.15, 0.2) is 11.9 Å². The number of allylic oxidation sites excluding steroid dienone is 1. The van der Waals surface area contributed by atoms with Crippen LogP contribution in [-0.4, -0.2) is 11.9 Å². The molecule has 0 aromatic rings. The van der Waals surface area contributed by atoms with Gasteiger partial charge < -0.3 is 0 Å². The quantitative estimate of drug-likeness (QED) is 0.411. The lowest BCUT2D eigenvalue weighted by Crippen LogP contribution is -1.85. The molecule has 0 spiro atoms. The zero-order valence-corrected chi connectivity index (χ0v) is 4.27. The van der Waals surface area contributed by atoms with Crippen molar-refractivity contribution in [2.24, 2.45) is 0 Å². The van der Waals surface area contributed by atoms with Crippen LogP contribution in [0.4, 0.5) is 0 Å². The van der Waals surface area contributed by atoms with Crippen molar-refractivity contribution in [2.75, 3.05) is 6.16 Å². The average molecular weight is 100 g/mol. The second-order valence-electron chi connectivity index (χ2n) is 1.18. The molecule has 0 amide bonds. The van der Waals surface area contributed by atoms with E-state index in [0.29, 0.717) is 0 Å². The van der Waals surface area contributed by atoms with Gasteiger partial charge in [-0.05, 0) is 6.08 Å². The van der Waals surface area contributed by atoms with E-state index < -0.39 is 0 Å². The third kappa shape index (κ3) is 0.662. The van der Waals surface area contributed by atoms with Crippen molar-refractivity contribution in [1.29, 1.82) is 0 Å². The summed E-state index contributed by atoms with van der Waals surface area (Å²) in [6, 6.07) is 0. The zero-order chi connectivity index (χ0) is 4.41. The Morgan fingerprint density at radius 2 is 2.67 bits per heavy atom. The Bertz CT molecular complexity index is 95.7. The second-order valence-corrected chi connectivity index (χ2v) is 2.28. The van der Waals surface area contributed by atoms with E-state index in [4.69, 9.17) is 0 Å². The van der Waals surface area contributed by atoms with Crippen molar-refractivity contribution < 1.29 is 4.79 Å². The van der Waals surface area contributed by atoms with Crippen molar-refractivity contribution in [1.82, 2.24) is 0 Å². The fourth-order valence-electron chi connectivity index (χ4n) is 0.370. The molecule has 0 aromatic carbocycles. The fourth-order valence-corrected chi connectivity index (χ4v) is 1.11. The molecule has 0 bridgehead atoms. The summed E-state index contributed by atoms with van der Waals surface area (Å²) in [6.45, 7) is 0. The molecular formula is C4H5OP. The fraction of sp³-hybridized carbons (Fsp3) is 0.250. The van der Waals surface area contributed by atoms with E-state index in [0.717, 1.165) is 14.7 Å². The molecule has 1 aliphatic heterocycles. The summed E-state index contributed by atoms with van der Waals surface area (Å²) < 4.78 is 0. The van der Waals surface area contributed by atoms with E-state index in [2.05, 4.69) is 0 Å². The van der Waals surface area contributed by atoms with Gasteiger partial charge in [-0.2, -0.15) is 0 Å². The minimum atomic E-state index is 0.285. The lowest BCUT2D eigenvalue weighted by molar-refractivity contribution is -0.112. The molecule has 1 heterocycles. The minimum Gasteiger partial charge on any atom is -0.294 e. The van der Waals surface area contributed by atoms with E-state index >= 15 is 0 Å². The summed E-state index contributed by atoms with van der Waals surface area (Å²) in [5.41, 5.74) is 0. The maximum atomic E-state index is 10.2. The molecule has 32 valence electrons. The zero-order valence-electron chi connectivity index (χ0n) is 3.27. The van der Waals surface area contributed by atoms with Gasteiger partial charge in [0.25, 0.3) is 0 Å². The molecule has 0 fully saturated rings. The first-order valence-electron chi connectivity index (χ1n) is 1.82. The molecule has 0 aromatic heterocycles. The van der Waals surface area contributed by atoms with E-state index in [1.54, 1.807) is 6.08 Å². The van der Waals surface area contributed by atoms with Crippen LogP contribution in [0.25, 0.3) is 0 Å². The molecule has 1 aliphatic rings. The highest BCUT2D eigenvalue weighted by Crippen LogP contribution is 2.17. The molecule has 1 rings (SSSR count). The van der Waals surface area contributed by atoms with Gasteiger partial charge in [0.15, 0.2) is 5.78 Å². The van der Waals surface area contributed by atoms with Crippen molar-refractivity contribution >= 4 is 14.4 Å². The van der Waals surface area contributed by atoms with Gasteiger partial charge in [-0.25, -0.2) is 0 Å². The Kier molecular flexibility index (Phi) is 1.02. The predicted molar refractivity (Wildman–Crippen MR) is 27.3 cm³/mol. The Hall–Kier alpha value is -0.160. The highest BCUT2D eigenvalue weighted by molar-refractivity contribution is 7.43. The van der Waals surface area contributed by atoms with Gasteiger partial charge in [0.1, 0.15) is 0 Å². The topological polar surface area (TPSA) is 17.1 Å². The maximum Gasteiger partial charge on any atom is 0.160 e. The lowest BCUT2D eigenvalue weighted by atomic mass is 10.5. The molecule has 1 unspecified atom stereocenters. The third-order valence-corrected chi connectivity index (χ3v) is 1.62. The molecule has 1 atom stereocenters. The van der Waals surface area contributed by atoms with Crippen LogP contribution in [0.3, 0.4) is 0 Å². The first kappa shape index (κ1) is 4.01. The number of ketones is 1. The summed E-state index contributed by atoms with van der Waals surface area (Å²) in [7, 11) is 0.759. The molecular weight excluding hydrogens is 95.0 g/mol. The summed E-state index contributed by atoms with van der Waals surface area (Å²) >= 11 is 0. The first-order chi connectivity index (χ1) is 2.89. The molecule has 0 saturated carbocycles. The summed E-state index contributed by atoms with van der Waals surface area (Å²) in [5.74, 6) is 2.22. The third-order valence-electron chi connectivity index (χ3n) is 0.663.